The molecule has 8 nitrogen and oxygen atoms in total. The molecule has 2 aliphatic rings. The molecule has 0 amide bonds. The predicted molar refractivity (Wildman–Crippen MR) is 127 cm³/mol. The molecule has 0 radical (unpaired) electrons. The Bertz CT molecular complexity index is 1550. The lowest BCUT2D eigenvalue weighted by atomic mass is 10.0. The number of benzene rings is 2. The zero-order valence-electron chi connectivity index (χ0n) is 20.7. The largest absolute Gasteiger partial charge is 0.471 e. The van der Waals surface area contributed by atoms with E-state index in [9.17, 15) is 22.4 Å². The van der Waals surface area contributed by atoms with E-state index in [0.717, 1.165) is 18.2 Å². The summed E-state index contributed by atoms with van der Waals surface area (Å²) < 4.78 is 87.2. The average molecular weight is 548 g/mol. The highest BCUT2D eigenvalue weighted by molar-refractivity contribution is 5.52. The molecule has 13 heteroatoms. The fourth-order valence-electron chi connectivity index (χ4n) is 4.63. The van der Waals surface area contributed by atoms with Crippen LogP contribution in [0, 0.1) is 23.0 Å². The Morgan fingerprint density at radius 2 is 2.00 bits per heavy atom. The first-order valence-electron chi connectivity index (χ1n) is 11.8. The Labute approximate surface area is 218 Å². The van der Waals surface area contributed by atoms with Crippen LogP contribution in [0.1, 0.15) is 30.5 Å². The number of morpholine rings is 1. The minimum absolute atomic E-state index is 0.0513. The Morgan fingerprint density at radius 1 is 1.23 bits per heavy atom. The smallest absolute Gasteiger partial charge is 0.416 e. The van der Waals surface area contributed by atoms with Gasteiger partial charge >= 0.3 is 11.9 Å². The maximum atomic E-state index is 15.5. The Balaban J connectivity index is 1.34. The molecule has 0 N–H and O–H groups in total. The van der Waals surface area contributed by atoms with E-state index in [1.807, 2.05) is 13.8 Å². The lowest BCUT2D eigenvalue weighted by Crippen LogP contribution is -2.56. The molecule has 3 aromatic rings. The highest BCUT2D eigenvalue weighted by atomic mass is 19.4. The van der Waals surface area contributed by atoms with Crippen molar-refractivity contribution >= 4 is 5.82 Å². The van der Waals surface area contributed by atoms with Gasteiger partial charge in [-0.25, -0.2) is 9.18 Å². The third-order valence-electron chi connectivity index (χ3n) is 6.55. The van der Waals surface area contributed by atoms with Gasteiger partial charge in [0.2, 0.25) is 5.82 Å². The monoisotopic (exact) mass is 548 g/mol. The molecule has 1 saturated heterocycles. The summed E-state index contributed by atoms with van der Waals surface area (Å²) in [6.07, 6.45) is -4.91. The van der Waals surface area contributed by atoms with Gasteiger partial charge < -0.3 is 19.1 Å². The van der Waals surface area contributed by atoms with Crippen molar-refractivity contribution in [1.29, 1.82) is 5.26 Å². The topological polar surface area (TPSA) is 89.6 Å². The van der Waals surface area contributed by atoms with E-state index in [2.05, 4.69) is 4.98 Å². The van der Waals surface area contributed by atoms with Crippen LogP contribution in [0.25, 0.3) is 0 Å². The molecular weight excluding hydrogens is 527 g/mol. The van der Waals surface area contributed by atoms with Gasteiger partial charge in [-0.3, -0.25) is 4.57 Å². The quantitative estimate of drug-likeness (QED) is 0.424. The highest BCUT2D eigenvalue weighted by Crippen LogP contribution is 2.39. The predicted octanol–water partition coefficient (Wildman–Crippen LogP) is 4.78. The second-order valence-electron chi connectivity index (χ2n) is 9.66. The first-order chi connectivity index (χ1) is 18.4. The van der Waals surface area contributed by atoms with Crippen LogP contribution in [-0.2, 0) is 24.1 Å². The number of alkyl halides is 3. The number of fused-ring (bicyclic) bond motifs is 3. The van der Waals surface area contributed by atoms with Crippen molar-refractivity contribution in [2.75, 3.05) is 18.1 Å². The van der Waals surface area contributed by atoms with Gasteiger partial charge in [0.25, 0.3) is 5.88 Å². The van der Waals surface area contributed by atoms with E-state index in [1.54, 1.807) is 11.0 Å². The van der Waals surface area contributed by atoms with Crippen molar-refractivity contribution in [3.05, 3.63) is 75.2 Å². The van der Waals surface area contributed by atoms with Crippen LogP contribution in [0.3, 0.4) is 0 Å². The molecule has 1 aromatic heterocycles. The summed E-state index contributed by atoms with van der Waals surface area (Å²) in [4.78, 5) is 18.1. The summed E-state index contributed by atoms with van der Waals surface area (Å²) in [5.74, 6) is -3.03. The number of nitriles is 1. The summed E-state index contributed by atoms with van der Waals surface area (Å²) in [6.45, 7) is 4.21. The fraction of sp³-hybridized carbons (Fsp3) is 0.346. The molecule has 0 spiro atoms. The maximum absolute atomic E-state index is 15.5. The second kappa shape index (κ2) is 9.53. The van der Waals surface area contributed by atoms with Crippen LogP contribution < -0.4 is 20.1 Å². The summed E-state index contributed by atoms with van der Waals surface area (Å²) >= 11 is 0. The molecule has 5 rings (SSSR count). The molecule has 0 bridgehead atoms. The van der Waals surface area contributed by atoms with Gasteiger partial charge in [0, 0.05) is 6.54 Å². The van der Waals surface area contributed by atoms with Gasteiger partial charge in [0.05, 0.1) is 42.0 Å². The Morgan fingerprint density at radius 3 is 2.69 bits per heavy atom. The number of hydrogen-bond donors (Lipinski definition) is 0. The fourth-order valence-corrected chi connectivity index (χ4v) is 4.63. The number of hydrogen-bond acceptors (Lipinski definition) is 7. The minimum Gasteiger partial charge on any atom is -0.471 e. The summed E-state index contributed by atoms with van der Waals surface area (Å²) in [6, 6.07) is 7.46. The van der Waals surface area contributed by atoms with Crippen LogP contribution in [0.5, 0.6) is 17.4 Å². The van der Waals surface area contributed by atoms with E-state index in [4.69, 9.17) is 19.5 Å². The van der Waals surface area contributed by atoms with E-state index in [0.29, 0.717) is 25.3 Å². The molecule has 1 fully saturated rings. The van der Waals surface area contributed by atoms with E-state index >= 15 is 4.39 Å². The summed E-state index contributed by atoms with van der Waals surface area (Å²) in [5, 5.41) is 9.01. The SMILES string of the molecule is C[C@H]1CN2c3c(F)c(OCc4ccc(Oc5cc(C#N)cc(C(F)(F)F)c5)c(F)c4)nc(=O)n3C[C@]2(C)CO1. The zero-order valence-corrected chi connectivity index (χ0v) is 20.7. The van der Waals surface area contributed by atoms with Crippen molar-refractivity contribution in [3.63, 3.8) is 0 Å². The summed E-state index contributed by atoms with van der Waals surface area (Å²) in [5.41, 5.74) is -2.52. The van der Waals surface area contributed by atoms with Crippen molar-refractivity contribution in [3.8, 4) is 23.4 Å². The van der Waals surface area contributed by atoms with Gasteiger partial charge in [-0.2, -0.15) is 27.8 Å². The normalized spacial score (nSPS) is 20.3. The van der Waals surface area contributed by atoms with Gasteiger partial charge in [-0.1, -0.05) is 6.07 Å². The third-order valence-corrected chi connectivity index (χ3v) is 6.55. The molecule has 0 unspecified atom stereocenters. The van der Waals surface area contributed by atoms with Crippen LogP contribution in [0.4, 0.5) is 27.8 Å². The Kier molecular flexibility index (Phi) is 6.46. The molecule has 2 aliphatic heterocycles. The van der Waals surface area contributed by atoms with Gasteiger partial charge in [-0.05, 0) is 49.7 Å². The Hall–Kier alpha value is -4.18. The molecule has 2 aromatic carbocycles. The molecule has 39 heavy (non-hydrogen) atoms. The number of halogens is 5. The van der Waals surface area contributed by atoms with Crippen LogP contribution >= 0.6 is 0 Å². The number of anilines is 1. The summed E-state index contributed by atoms with van der Waals surface area (Å²) in [7, 11) is 0. The zero-order chi connectivity index (χ0) is 28.1. The van der Waals surface area contributed by atoms with E-state index in [-0.39, 0.29) is 41.9 Å². The number of aromatic nitrogens is 2. The first kappa shape index (κ1) is 26.4. The molecular formula is C26H21F5N4O4. The molecule has 0 saturated carbocycles. The molecule has 3 heterocycles. The van der Waals surface area contributed by atoms with Crippen LogP contribution in [-0.4, -0.2) is 34.3 Å². The highest BCUT2D eigenvalue weighted by Gasteiger charge is 2.47. The second-order valence-corrected chi connectivity index (χ2v) is 9.66. The van der Waals surface area contributed by atoms with Gasteiger partial charge in [0.15, 0.2) is 17.4 Å². The minimum atomic E-state index is -4.73. The average Bonchev–Trinajstić information content (AvgIpc) is 3.19. The third kappa shape index (κ3) is 4.99. The standard InChI is InChI=1S/C26H21F5N4O4/c1-14-10-35-23-21(28)22(33-24(36)34(23)12-25(35,2)13-38-14)37-11-15-3-4-20(19(27)7-15)39-18-6-16(9-32)5-17(8-18)26(29,30)31/h3-8,14H,10-13H2,1-2H3/t14-,25+/m0/s1. The first-order valence-corrected chi connectivity index (χ1v) is 11.8. The van der Waals surface area contributed by atoms with Crippen molar-refractivity contribution in [2.45, 2.75) is 44.8 Å². The van der Waals surface area contributed by atoms with Gasteiger partial charge in [0.1, 0.15) is 12.4 Å². The van der Waals surface area contributed by atoms with Crippen LogP contribution in [0.15, 0.2) is 41.2 Å². The lowest BCUT2D eigenvalue weighted by Gasteiger charge is -2.42. The van der Waals surface area contributed by atoms with E-state index < -0.39 is 46.2 Å². The van der Waals surface area contributed by atoms with Gasteiger partial charge in [-0.15, -0.1) is 0 Å². The van der Waals surface area contributed by atoms with Crippen molar-refractivity contribution in [1.82, 2.24) is 9.55 Å². The van der Waals surface area contributed by atoms with Crippen molar-refractivity contribution < 1.29 is 36.2 Å². The maximum Gasteiger partial charge on any atom is 0.416 e. The molecule has 0 aliphatic carbocycles. The lowest BCUT2D eigenvalue weighted by molar-refractivity contribution is -0.137. The number of ether oxygens (including phenoxy) is 3. The number of nitrogens with zero attached hydrogens (tertiary/aromatic N) is 4. The van der Waals surface area contributed by atoms with Crippen LogP contribution in [0.2, 0.25) is 0 Å². The molecule has 204 valence electrons. The number of rotatable bonds is 5. The molecule has 2 atom stereocenters. The van der Waals surface area contributed by atoms with Crippen molar-refractivity contribution in [2.24, 2.45) is 0 Å². The van der Waals surface area contributed by atoms with E-state index in [1.165, 1.54) is 10.6 Å².